The average Bonchev–Trinajstić information content (AvgIpc) is 3.59. The summed E-state index contributed by atoms with van der Waals surface area (Å²) < 4.78 is 0. The van der Waals surface area contributed by atoms with Crippen LogP contribution in [0.15, 0.2) is 237 Å². The average molecular weight is 816 g/mol. The molecule has 1 heteroatoms. The van der Waals surface area contributed by atoms with Gasteiger partial charge in [-0.25, -0.2) is 0 Å². The van der Waals surface area contributed by atoms with Gasteiger partial charge in [-0.1, -0.05) is 208 Å². The molecule has 0 spiro atoms. The van der Waals surface area contributed by atoms with E-state index in [0.29, 0.717) is 0 Å². The van der Waals surface area contributed by atoms with Gasteiger partial charge in [0, 0.05) is 22.4 Å². The third-order valence-electron chi connectivity index (χ3n) is 13.7. The molecule has 0 saturated heterocycles. The maximum Gasteiger partial charge on any atom is 0.0546 e. The molecule has 302 valence electrons. The predicted molar refractivity (Wildman–Crippen MR) is 273 cm³/mol. The fraction of sp³-hybridized carbons (Fsp3) is 0.0476. The van der Waals surface area contributed by atoms with Crippen LogP contribution in [0.25, 0.3) is 88.0 Å². The van der Waals surface area contributed by atoms with E-state index in [-0.39, 0.29) is 5.41 Å². The van der Waals surface area contributed by atoms with Gasteiger partial charge in [-0.05, 0) is 136 Å². The van der Waals surface area contributed by atoms with Crippen molar-refractivity contribution < 1.29 is 0 Å². The van der Waals surface area contributed by atoms with Crippen LogP contribution in [-0.4, -0.2) is 0 Å². The maximum atomic E-state index is 2.50. The van der Waals surface area contributed by atoms with Crippen LogP contribution in [0.2, 0.25) is 0 Å². The first-order valence-corrected chi connectivity index (χ1v) is 22.3. The molecule has 0 amide bonds. The third kappa shape index (κ3) is 6.23. The Morgan fingerprint density at radius 1 is 0.297 bits per heavy atom. The Labute approximate surface area is 375 Å². The van der Waals surface area contributed by atoms with E-state index in [0.717, 1.165) is 17.1 Å². The van der Waals surface area contributed by atoms with Crippen molar-refractivity contribution in [2.45, 2.75) is 19.3 Å². The first-order chi connectivity index (χ1) is 31.5. The maximum absolute atomic E-state index is 2.50. The second kappa shape index (κ2) is 15.1. The van der Waals surface area contributed by atoms with Crippen molar-refractivity contribution in [2.24, 2.45) is 0 Å². The zero-order chi connectivity index (χ0) is 42.8. The quantitative estimate of drug-likeness (QED) is 0.145. The van der Waals surface area contributed by atoms with E-state index >= 15 is 0 Å². The molecule has 1 aliphatic carbocycles. The number of benzene rings is 11. The molecule has 1 nitrogen and oxygen atoms in total. The topological polar surface area (TPSA) is 3.24 Å². The number of rotatable bonds is 7. The molecule has 11 aromatic carbocycles. The lowest BCUT2D eigenvalue weighted by molar-refractivity contribution is 0.660. The summed E-state index contributed by atoms with van der Waals surface area (Å²) in [5.41, 5.74) is 18.1. The summed E-state index contributed by atoms with van der Waals surface area (Å²) in [5.74, 6) is 0. The van der Waals surface area contributed by atoms with Crippen LogP contribution in [0.3, 0.4) is 0 Å². The van der Waals surface area contributed by atoms with Crippen LogP contribution in [0.5, 0.6) is 0 Å². The molecule has 0 bridgehead atoms. The molecule has 0 radical (unpaired) electrons. The summed E-state index contributed by atoms with van der Waals surface area (Å²) in [6, 6.07) is 87.4. The van der Waals surface area contributed by atoms with Gasteiger partial charge in [0.25, 0.3) is 0 Å². The first-order valence-electron chi connectivity index (χ1n) is 22.3. The Hall–Kier alpha value is -8.00. The second-order valence-corrected chi connectivity index (χ2v) is 17.7. The molecule has 11 aromatic rings. The SMILES string of the molecule is CC1(C)c2ccccc2-c2ccc(N(c3ccc(-c4ccccc4)cc3)c3cccc(-c4ccc(-c5ccc6ccccc6c5)cc4)c3-c3cc4ccccc4c4ccccc34)cc21. The smallest absolute Gasteiger partial charge is 0.0546 e. The highest BCUT2D eigenvalue weighted by atomic mass is 15.1. The van der Waals surface area contributed by atoms with Gasteiger partial charge in [-0.2, -0.15) is 0 Å². The van der Waals surface area contributed by atoms with Crippen molar-refractivity contribution in [3.05, 3.63) is 248 Å². The molecule has 1 aliphatic rings. The lowest BCUT2D eigenvalue weighted by atomic mass is 9.82. The summed E-state index contributed by atoms with van der Waals surface area (Å²) in [7, 11) is 0. The largest absolute Gasteiger partial charge is 0.310 e. The third-order valence-corrected chi connectivity index (χ3v) is 13.7. The van der Waals surface area contributed by atoms with Crippen molar-refractivity contribution in [1.82, 2.24) is 0 Å². The van der Waals surface area contributed by atoms with Gasteiger partial charge in [-0.15, -0.1) is 0 Å². The number of anilines is 3. The van der Waals surface area contributed by atoms with Crippen molar-refractivity contribution in [3.8, 4) is 55.6 Å². The molecule has 12 rings (SSSR count). The highest BCUT2D eigenvalue weighted by Gasteiger charge is 2.36. The van der Waals surface area contributed by atoms with Gasteiger partial charge in [0.1, 0.15) is 0 Å². The zero-order valence-corrected chi connectivity index (χ0v) is 36.0. The molecule has 0 heterocycles. The molecule has 0 saturated carbocycles. The van der Waals surface area contributed by atoms with Crippen LogP contribution in [0, 0.1) is 0 Å². The molecular weight excluding hydrogens is 771 g/mol. The van der Waals surface area contributed by atoms with E-state index in [2.05, 4.69) is 255 Å². The monoisotopic (exact) mass is 815 g/mol. The summed E-state index contributed by atoms with van der Waals surface area (Å²) in [4.78, 5) is 2.50. The Morgan fingerprint density at radius 3 is 1.67 bits per heavy atom. The normalized spacial score (nSPS) is 12.7. The number of hydrogen-bond acceptors (Lipinski definition) is 1. The van der Waals surface area contributed by atoms with Crippen LogP contribution < -0.4 is 4.90 Å². The summed E-state index contributed by atoms with van der Waals surface area (Å²) in [5, 5.41) is 7.46. The predicted octanol–water partition coefficient (Wildman–Crippen LogP) is 17.6. The van der Waals surface area contributed by atoms with E-state index in [4.69, 9.17) is 0 Å². The summed E-state index contributed by atoms with van der Waals surface area (Å²) in [6.07, 6.45) is 0. The second-order valence-electron chi connectivity index (χ2n) is 17.7. The van der Waals surface area contributed by atoms with E-state index in [1.54, 1.807) is 0 Å². The van der Waals surface area contributed by atoms with Crippen molar-refractivity contribution in [2.75, 3.05) is 4.90 Å². The molecule has 64 heavy (non-hydrogen) atoms. The molecular formula is C63H45N. The van der Waals surface area contributed by atoms with Gasteiger partial charge < -0.3 is 4.90 Å². The number of fused-ring (bicyclic) bond motifs is 7. The zero-order valence-electron chi connectivity index (χ0n) is 36.0. The lowest BCUT2D eigenvalue weighted by Gasteiger charge is -2.31. The Bertz CT molecular complexity index is 3560. The van der Waals surface area contributed by atoms with Gasteiger partial charge in [0.15, 0.2) is 0 Å². The van der Waals surface area contributed by atoms with Crippen molar-refractivity contribution >= 4 is 49.4 Å². The highest BCUT2D eigenvalue weighted by Crippen LogP contribution is 2.53. The summed E-state index contributed by atoms with van der Waals surface area (Å²) >= 11 is 0. The summed E-state index contributed by atoms with van der Waals surface area (Å²) in [6.45, 7) is 4.74. The molecule has 0 unspecified atom stereocenters. The minimum atomic E-state index is -0.156. The Kier molecular flexibility index (Phi) is 8.91. The van der Waals surface area contributed by atoms with Gasteiger partial charge >= 0.3 is 0 Å². The molecule has 0 fully saturated rings. The molecule has 0 N–H and O–H groups in total. The number of hydrogen-bond donors (Lipinski definition) is 0. The van der Waals surface area contributed by atoms with Gasteiger partial charge in [0.2, 0.25) is 0 Å². The van der Waals surface area contributed by atoms with Crippen molar-refractivity contribution in [3.63, 3.8) is 0 Å². The van der Waals surface area contributed by atoms with Crippen LogP contribution in [0.1, 0.15) is 25.0 Å². The lowest BCUT2D eigenvalue weighted by Crippen LogP contribution is -2.17. The van der Waals surface area contributed by atoms with E-state index in [9.17, 15) is 0 Å². The highest BCUT2D eigenvalue weighted by molar-refractivity contribution is 6.16. The van der Waals surface area contributed by atoms with Crippen molar-refractivity contribution in [1.29, 1.82) is 0 Å². The Balaban J connectivity index is 1.11. The van der Waals surface area contributed by atoms with E-state index in [1.165, 1.54) is 99.1 Å². The molecule has 0 aromatic heterocycles. The minimum Gasteiger partial charge on any atom is -0.310 e. The number of nitrogens with zero attached hydrogens (tertiary/aromatic N) is 1. The van der Waals surface area contributed by atoms with E-state index in [1.807, 2.05) is 0 Å². The van der Waals surface area contributed by atoms with Crippen LogP contribution in [-0.2, 0) is 5.41 Å². The standard InChI is InChI=1S/C63H45N/c1-63(2)59-25-13-12-23-56(59)57-38-37-51(41-60(57)63)64(50-35-33-44(34-36-50)42-15-4-3-5-16-42)61-26-14-24-53(46-30-27-45(28-31-46)48-32-29-43-17-6-7-18-47(43)39-48)62(61)58-40-49-19-8-9-20-52(49)54-21-10-11-22-55(54)58/h3-41H,1-2H3. The van der Waals surface area contributed by atoms with E-state index < -0.39 is 0 Å². The minimum absolute atomic E-state index is 0.156. The fourth-order valence-corrected chi connectivity index (χ4v) is 10.4. The first kappa shape index (κ1) is 37.7. The molecule has 0 aliphatic heterocycles. The fourth-order valence-electron chi connectivity index (χ4n) is 10.4. The van der Waals surface area contributed by atoms with Gasteiger partial charge in [0.05, 0.1) is 5.69 Å². The molecule has 0 atom stereocenters. The van der Waals surface area contributed by atoms with Gasteiger partial charge in [-0.3, -0.25) is 0 Å². The van der Waals surface area contributed by atoms with Crippen LogP contribution in [0.4, 0.5) is 17.1 Å². The van der Waals surface area contributed by atoms with Crippen LogP contribution >= 0.6 is 0 Å². The Morgan fingerprint density at radius 2 is 0.859 bits per heavy atom.